The van der Waals surface area contributed by atoms with E-state index >= 15 is 0 Å². The molecule has 1 aromatic heterocycles. The molecule has 0 bridgehead atoms. The molecule has 0 aliphatic heterocycles. The van der Waals surface area contributed by atoms with Crippen molar-refractivity contribution in [3.63, 3.8) is 0 Å². The van der Waals surface area contributed by atoms with Gasteiger partial charge in [0, 0.05) is 5.69 Å². The molecule has 0 saturated carbocycles. The molecule has 0 fully saturated rings. The van der Waals surface area contributed by atoms with Crippen molar-refractivity contribution in [1.29, 1.82) is 0 Å². The number of aryl methyl sites for hydroxylation is 2. The second kappa shape index (κ2) is 9.54. The summed E-state index contributed by atoms with van der Waals surface area (Å²) in [5.41, 5.74) is 3.10. The fourth-order valence-corrected chi connectivity index (χ4v) is 2.61. The molecule has 0 aliphatic carbocycles. The van der Waals surface area contributed by atoms with Gasteiger partial charge in [-0.3, -0.25) is 4.79 Å². The summed E-state index contributed by atoms with van der Waals surface area (Å²) in [6, 6.07) is 13.3. The Morgan fingerprint density at radius 2 is 1.76 bits per heavy atom. The average Bonchev–Trinajstić information content (AvgIpc) is 2.74. The molecule has 2 N–H and O–H groups in total. The van der Waals surface area contributed by atoms with Crippen molar-refractivity contribution in [3.8, 4) is 11.5 Å². The molecule has 0 aliphatic rings. The Morgan fingerprint density at radius 1 is 1.00 bits per heavy atom. The third kappa shape index (κ3) is 5.68. The number of benzene rings is 2. The number of aromatic nitrogens is 2. The van der Waals surface area contributed by atoms with Crippen LogP contribution >= 0.6 is 0 Å². The molecule has 0 radical (unpaired) electrons. The van der Waals surface area contributed by atoms with Crippen LogP contribution in [0.1, 0.15) is 21.6 Å². The number of nitrogens with one attached hydrogen (secondary N) is 2. The zero-order chi connectivity index (χ0) is 20.6. The van der Waals surface area contributed by atoms with Crippen LogP contribution in [0.25, 0.3) is 0 Å². The number of amides is 1. The van der Waals surface area contributed by atoms with Crippen molar-refractivity contribution in [2.45, 2.75) is 13.8 Å². The van der Waals surface area contributed by atoms with E-state index in [-0.39, 0.29) is 11.6 Å². The summed E-state index contributed by atoms with van der Waals surface area (Å²) in [4.78, 5) is 20.8. The largest absolute Gasteiger partial charge is 0.497 e. The van der Waals surface area contributed by atoms with Gasteiger partial charge in [0.1, 0.15) is 29.6 Å². The van der Waals surface area contributed by atoms with E-state index in [1.807, 2.05) is 56.3 Å². The number of nitrogens with zero attached hydrogens (tertiary/aromatic N) is 2. The minimum absolute atomic E-state index is 0.255. The normalized spacial score (nSPS) is 10.3. The SMILES string of the molecule is COc1ccc(OCCNc2cnc(C(=O)Nc3cc(C)ccc3C)cn2)cc1. The number of hydrogen-bond acceptors (Lipinski definition) is 6. The average molecular weight is 392 g/mol. The van der Waals surface area contributed by atoms with Gasteiger partial charge in [0.05, 0.1) is 26.0 Å². The lowest BCUT2D eigenvalue weighted by molar-refractivity contribution is 0.102. The Balaban J connectivity index is 1.47. The van der Waals surface area contributed by atoms with E-state index in [2.05, 4.69) is 20.6 Å². The van der Waals surface area contributed by atoms with Crippen LogP contribution in [0.15, 0.2) is 54.9 Å². The van der Waals surface area contributed by atoms with Crippen LogP contribution in [0.4, 0.5) is 11.5 Å². The molecular formula is C22H24N4O3. The Morgan fingerprint density at radius 3 is 2.45 bits per heavy atom. The Bertz CT molecular complexity index is 957. The van der Waals surface area contributed by atoms with Crippen LogP contribution in [-0.2, 0) is 0 Å². The molecule has 0 atom stereocenters. The summed E-state index contributed by atoms with van der Waals surface area (Å²) in [7, 11) is 1.62. The maximum atomic E-state index is 12.4. The molecule has 7 heteroatoms. The maximum absolute atomic E-state index is 12.4. The lowest BCUT2D eigenvalue weighted by Crippen LogP contribution is -2.16. The highest BCUT2D eigenvalue weighted by molar-refractivity contribution is 6.03. The number of carbonyl (C=O) groups excluding carboxylic acids is 1. The zero-order valence-electron chi connectivity index (χ0n) is 16.7. The first kappa shape index (κ1) is 20.1. The van der Waals surface area contributed by atoms with Gasteiger partial charge in [0.25, 0.3) is 5.91 Å². The molecule has 1 amide bonds. The van der Waals surface area contributed by atoms with Gasteiger partial charge in [-0.05, 0) is 55.3 Å². The van der Waals surface area contributed by atoms with Crippen LogP contribution < -0.4 is 20.1 Å². The molecule has 7 nitrogen and oxygen atoms in total. The molecule has 0 unspecified atom stereocenters. The minimum atomic E-state index is -0.291. The number of methoxy groups -OCH3 is 1. The predicted octanol–water partition coefficient (Wildman–Crippen LogP) is 3.85. The van der Waals surface area contributed by atoms with Crippen molar-refractivity contribution in [1.82, 2.24) is 9.97 Å². The second-order valence-corrected chi connectivity index (χ2v) is 6.51. The minimum Gasteiger partial charge on any atom is -0.497 e. The highest BCUT2D eigenvalue weighted by Crippen LogP contribution is 2.18. The lowest BCUT2D eigenvalue weighted by Gasteiger charge is -2.10. The van der Waals surface area contributed by atoms with Gasteiger partial charge in [-0.15, -0.1) is 0 Å². The third-order valence-corrected chi connectivity index (χ3v) is 4.26. The van der Waals surface area contributed by atoms with Crippen molar-refractivity contribution in [2.24, 2.45) is 0 Å². The van der Waals surface area contributed by atoms with E-state index in [0.717, 1.165) is 28.3 Å². The fraction of sp³-hybridized carbons (Fsp3) is 0.227. The van der Waals surface area contributed by atoms with Crippen LogP contribution in [0, 0.1) is 13.8 Å². The van der Waals surface area contributed by atoms with Gasteiger partial charge in [-0.1, -0.05) is 12.1 Å². The smallest absolute Gasteiger partial charge is 0.275 e. The lowest BCUT2D eigenvalue weighted by atomic mass is 10.1. The first-order valence-corrected chi connectivity index (χ1v) is 9.26. The molecule has 0 saturated heterocycles. The summed E-state index contributed by atoms with van der Waals surface area (Å²) in [5.74, 6) is 1.83. The summed E-state index contributed by atoms with van der Waals surface area (Å²) < 4.78 is 10.8. The molecule has 3 aromatic rings. The van der Waals surface area contributed by atoms with E-state index in [0.29, 0.717) is 19.0 Å². The maximum Gasteiger partial charge on any atom is 0.275 e. The molecule has 2 aromatic carbocycles. The number of rotatable bonds is 8. The van der Waals surface area contributed by atoms with E-state index in [1.165, 1.54) is 12.4 Å². The Kier molecular flexibility index (Phi) is 6.63. The fourth-order valence-electron chi connectivity index (χ4n) is 2.61. The van der Waals surface area contributed by atoms with Gasteiger partial charge >= 0.3 is 0 Å². The molecule has 150 valence electrons. The van der Waals surface area contributed by atoms with Crippen LogP contribution in [0.2, 0.25) is 0 Å². The van der Waals surface area contributed by atoms with E-state index < -0.39 is 0 Å². The van der Waals surface area contributed by atoms with E-state index in [4.69, 9.17) is 9.47 Å². The number of hydrogen-bond donors (Lipinski definition) is 2. The van der Waals surface area contributed by atoms with Crippen LogP contribution in [0.3, 0.4) is 0 Å². The first-order valence-electron chi connectivity index (χ1n) is 9.26. The summed E-state index contributed by atoms with van der Waals surface area (Å²) in [6.07, 6.45) is 2.98. The van der Waals surface area contributed by atoms with Crippen molar-refractivity contribution >= 4 is 17.4 Å². The molecule has 1 heterocycles. The Labute approximate surface area is 170 Å². The first-order chi connectivity index (χ1) is 14.0. The van der Waals surface area contributed by atoms with Crippen molar-refractivity contribution < 1.29 is 14.3 Å². The van der Waals surface area contributed by atoms with Gasteiger partial charge in [-0.2, -0.15) is 0 Å². The molecule has 0 spiro atoms. The van der Waals surface area contributed by atoms with Gasteiger partial charge < -0.3 is 20.1 Å². The predicted molar refractivity (Wildman–Crippen MR) is 113 cm³/mol. The van der Waals surface area contributed by atoms with Crippen LogP contribution in [0.5, 0.6) is 11.5 Å². The van der Waals surface area contributed by atoms with Crippen molar-refractivity contribution in [2.75, 3.05) is 30.9 Å². The third-order valence-electron chi connectivity index (χ3n) is 4.26. The highest BCUT2D eigenvalue weighted by atomic mass is 16.5. The standard InChI is InChI=1S/C22H24N4O3/c1-15-4-5-16(2)19(12-15)26-22(27)20-13-25-21(14-24-20)23-10-11-29-18-8-6-17(28-3)7-9-18/h4-9,12-14H,10-11H2,1-3H3,(H,23,25)(H,26,27). The number of ether oxygens (including phenoxy) is 2. The zero-order valence-corrected chi connectivity index (χ0v) is 16.7. The highest BCUT2D eigenvalue weighted by Gasteiger charge is 2.10. The number of anilines is 2. The summed E-state index contributed by atoms with van der Waals surface area (Å²) in [6.45, 7) is 4.94. The number of carbonyl (C=O) groups is 1. The molecule has 29 heavy (non-hydrogen) atoms. The molecular weight excluding hydrogens is 368 g/mol. The summed E-state index contributed by atoms with van der Waals surface area (Å²) >= 11 is 0. The second-order valence-electron chi connectivity index (χ2n) is 6.51. The van der Waals surface area contributed by atoms with E-state index in [1.54, 1.807) is 7.11 Å². The van der Waals surface area contributed by atoms with Crippen molar-refractivity contribution in [3.05, 3.63) is 71.7 Å². The summed E-state index contributed by atoms with van der Waals surface area (Å²) in [5, 5.41) is 5.99. The topological polar surface area (TPSA) is 85.4 Å². The molecule has 3 rings (SSSR count). The van der Waals surface area contributed by atoms with Gasteiger partial charge in [0.2, 0.25) is 0 Å². The van der Waals surface area contributed by atoms with E-state index in [9.17, 15) is 4.79 Å². The monoisotopic (exact) mass is 392 g/mol. The quantitative estimate of drug-likeness (QED) is 0.567. The Hall–Kier alpha value is -3.61. The van der Waals surface area contributed by atoms with Crippen LogP contribution in [-0.4, -0.2) is 36.1 Å². The van der Waals surface area contributed by atoms with Gasteiger partial charge in [-0.25, -0.2) is 9.97 Å². The van der Waals surface area contributed by atoms with Gasteiger partial charge in [0.15, 0.2) is 0 Å².